The predicted molar refractivity (Wildman–Crippen MR) is 75.1 cm³/mol. The van der Waals surface area contributed by atoms with Crippen molar-refractivity contribution in [2.24, 2.45) is 0 Å². The number of nitrogens with one attached hydrogen (secondary N) is 1. The molecule has 5 heteroatoms. The normalized spacial score (nSPS) is 14.4. The molecule has 0 fully saturated rings. The Kier molecular flexibility index (Phi) is 4.50. The zero-order valence-corrected chi connectivity index (χ0v) is 12.1. The van der Waals surface area contributed by atoms with Crippen LogP contribution in [0, 0.1) is 5.82 Å². The largest absolute Gasteiger partial charge is 0.468 e. The Hall–Kier alpha value is -1.03. The summed E-state index contributed by atoms with van der Waals surface area (Å²) in [5.41, 5.74) is 0.557. The van der Waals surface area contributed by atoms with Crippen LogP contribution in [0.3, 0.4) is 0 Å². The van der Waals surface area contributed by atoms with Crippen molar-refractivity contribution in [3.63, 3.8) is 0 Å². The molecule has 0 radical (unpaired) electrons. The van der Waals surface area contributed by atoms with Crippen molar-refractivity contribution in [2.45, 2.75) is 25.9 Å². The van der Waals surface area contributed by atoms with Crippen LogP contribution in [0.1, 0.15) is 37.3 Å². The molecule has 2 unspecified atom stereocenters. The van der Waals surface area contributed by atoms with E-state index < -0.39 is 5.82 Å². The number of furan rings is 1. The van der Waals surface area contributed by atoms with Crippen LogP contribution >= 0.6 is 23.2 Å². The molecular formula is C14H14Cl2FNO. The molecule has 2 rings (SSSR count). The van der Waals surface area contributed by atoms with Crippen molar-refractivity contribution in [3.05, 3.63) is 57.7 Å². The summed E-state index contributed by atoms with van der Waals surface area (Å²) >= 11 is 12.1. The number of hydrogen-bond acceptors (Lipinski definition) is 2. The van der Waals surface area contributed by atoms with Gasteiger partial charge in [0, 0.05) is 16.6 Å². The first-order chi connectivity index (χ1) is 9.00. The van der Waals surface area contributed by atoms with E-state index in [2.05, 4.69) is 5.32 Å². The zero-order valence-electron chi connectivity index (χ0n) is 10.6. The molecular weight excluding hydrogens is 288 g/mol. The molecule has 1 N–H and O–H groups in total. The summed E-state index contributed by atoms with van der Waals surface area (Å²) < 4.78 is 18.8. The average molecular weight is 302 g/mol. The second kappa shape index (κ2) is 5.95. The smallest absolute Gasteiger partial charge is 0.142 e. The van der Waals surface area contributed by atoms with E-state index in [0.29, 0.717) is 10.6 Å². The fraction of sp³-hybridized carbons (Fsp3) is 0.286. The van der Waals surface area contributed by atoms with Crippen LogP contribution in [-0.2, 0) is 0 Å². The number of halogens is 3. The molecule has 0 spiro atoms. The molecule has 1 aromatic heterocycles. The first-order valence-corrected chi connectivity index (χ1v) is 6.69. The van der Waals surface area contributed by atoms with Gasteiger partial charge in [-0.3, -0.25) is 0 Å². The van der Waals surface area contributed by atoms with Gasteiger partial charge in [0.25, 0.3) is 0 Å². The highest BCUT2D eigenvalue weighted by Crippen LogP contribution is 2.33. The quantitative estimate of drug-likeness (QED) is 0.791. The third-order valence-corrected chi connectivity index (χ3v) is 3.70. The van der Waals surface area contributed by atoms with Crippen molar-refractivity contribution in [2.75, 3.05) is 0 Å². The fourth-order valence-corrected chi connectivity index (χ4v) is 2.72. The highest BCUT2D eigenvalue weighted by atomic mass is 35.5. The highest BCUT2D eigenvalue weighted by Gasteiger charge is 2.19. The molecule has 1 heterocycles. The first-order valence-electron chi connectivity index (χ1n) is 5.93. The Morgan fingerprint density at radius 2 is 1.89 bits per heavy atom. The topological polar surface area (TPSA) is 25.2 Å². The first kappa shape index (κ1) is 14.4. The van der Waals surface area contributed by atoms with Gasteiger partial charge >= 0.3 is 0 Å². The molecule has 102 valence electrons. The molecule has 0 aliphatic rings. The Bertz CT molecular complexity index is 557. The molecule has 2 atom stereocenters. The third-order valence-electron chi connectivity index (χ3n) is 2.98. The summed E-state index contributed by atoms with van der Waals surface area (Å²) in [6.07, 6.45) is 1.61. The van der Waals surface area contributed by atoms with Gasteiger partial charge in [0.1, 0.15) is 11.6 Å². The average Bonchev–Trinajstić information content (AvgIpc) is 2.88. The summed E-state index contributed by atoms with van der Waals surface area (Å²) in [6, 6.07) is 6.24. The zero-order chi connectivity index (χ0) is 14.0. The lowest BCUT2D eigenvalue weighted by molar-refractivity contribution is 0.402. The maximum Gasteiger partial charge on any atom is 0.142 e. The highest BCUT2D eigenvalue weighted by molar-refractivity contribution is 6.36. The monoisotopic (exact) mass is 301 g/mol. The Balaban J connectivity index is 2.21. The van der Waals surface area contributed by atoms with E-state index in [4.69, 9.17) is 27.6 Å². The Morgan fingerprint density at radius 3 is 2.53 bits per heavy atom. The predicted octanol–water partition coefficient (Wildman–Crippen LogP) is 5.14. The molecule has 1 aromatic carbocycles. The Labute approximate surface area is 121 Å². The van der Waals surface area contributed by atoms with Crippen molar-refractivity contribution in [3.8, 4) is 0 Å². The van der Waals surface area contributed by atoms with Crippen molar-refractivity contribution in [1.82, 2.24) is 5.32 Å². The van der Waals surface area contributed by atoms with Gasteiger partial charge in [-0.15, -0.1) is 0 Å². The number of rotatable bonds is 4. The lowest BCUT2D eigenvalue weighted by Gasteiger charge is -2.21. The summed E-state index contributed by atoms with van der Waals surface area (Å²) in [5, 5.41) is 3.78. The molecule has 2 nitrogen and oxygen atoms in total. The lowest BCUT2D eigenvalue weighted by atomic mass is 10.1. The van der Waals surface area contributed by atoms with Gasteiger partial charge in [-0.1, -0.05) is 23.2 Å². The van der Waals surface area contributed by atoms with E-state index in [1.165, 1.54) is 12.1 Å². The van der Waals surface area contributed by atoms with E-state index >= 15 is 0 Å². The van der Waals surface area contributed by atoms with Gasteiger partial charge in [-0.2, -0.15) is 0 Å². The van der Waals surface area contributed by atoms with Crippen LogP contribution < -0.4 is 5.32 Å². The van der Waals surface area contributed by atoms with Crippen LogP contribution in [0.15, 0.2) is 34.9 Å². The van der Waals surface area contributed by atoms with E-state index in [9.17, 15) is 4.39 Å². The second-order valence-electron chi connectivity index (χ2n) is 4.38. The minimum Gasteiger partial charge on any atom is -0.468 e. The lowest BCUT2D eigenvalue weighted by Crippen LogP contribution is -2.22. The third kappa shape index (κ3) is 3.11. The summed E-state index contributed by atoms with van der Waals surface area (Å²) in [7, 11) is 0. The van der Waals surface area contributed by atoms with Crippen LogP contribution in [0.5, 0.6) is 0 Å². The van der Waals surface area contributed by atoms with E-state index in [-0.39, 0.29) is 17.1 Å². The summed E-state index contributed by atoms with van der Waals surface area (Å²) in [4.78, 5) is 0. The maximum absolute atomic E-state index is 13.5. The fourth-order valence-electron chi connectivity index (χ4n) is 2.02. The SMILES string of the molecule is CC(NC(C)c1c(Cl)ccc(F)c1Cl)c1ccco1. The van der Waals surface area contributed by atoms with Crippen molar-refractivity contribution < 1.29 is 8.81 Å². The van der Waals surface area contributed by atoms with Gasteiger partial charge in [-0.25, -0.2) is 4.39 Å². The number of hydrogen-bond donors (Lipinski definition) is 1. The summed E-state index contributed by atoms with van der Waals surface area (Å²) in [5.74, 6) is 0.330. The molecule has 19 heavy (non-hydrogen) atoms. The van der Waals surface area contributed by atoms with Gasteiger partial charge in [0.05, 0.1) is 17.3 Å². The molecule has 2 aromatic rings. The minimum atomic E-state index is -0.472. The van der Waals surface area contributed by atoms with Crippen LogP contribution in [0.4, 0.5) is 4.39 Å². The standard InChI is InChI=1S/C14H14Cl2FNO/c1-8(12-4-3-7-19-12)18-9(2)13-10(15)5-6-11(17)14(13)16/h3-9,18H,1-2H3. The molecule has 0 aliphatic carbocycles. The van der Waals surface area contributed by atoms with Crippen molar-refractivity contribution >= 4 is 23.2 Å². The van der Waals surface area contributed by atoms with E-state index in [1.54, 1.807) is 6.26 Å². The molecule has 0 bridgehead atoms. The van der Waals surface area contributed by atoms with Gasteiger partial charge in [0.15, 0.2) is 0 Å². The van der Waals surface area contributed by atoms with E-state index in [0.717, 1.165) is 5.76 Å². The van der Waals surface area contributed by atoms with E-state index in [1.807, 2.05) is 26.0 Å². The number of benzene rings is 1. The summed E-state index contributed by atoms with van der Waals surface area (Å²) in [6.45, 7) is 3.84. The molecule has 0 saturated carbocycles. The van der Waals surface area contributed by atoms with Crippen LogP contribution in [0.2, 0.25) is 10.0 Å². The molecule has 0 aliphatic heterocycles. The Morgan fingerprint density at radius 1 is 1.16 bits per heavy atom. The van der Waals surface area contributed by atoms with Crippen molar-refractivity contribution in [1.29, 1.82) is 0 Å². The van der Waals surface area contributed by atoms with Gasteiger partial charge in [0.2, 0.25) is 0 Å². The van der Waals surface area contributed by atoms with Crippen LogP contribution in [-0.4, -0.2) is 0 Å². The van der Waals surface area contributed by atoms with Gasteiger partial charge < -0.3 is 9.73 Å². The molecule has 0 saturated heterocycles. The molecule has 0 amide bonds. The maximum atomic E-state index is 13.5. The minimum absolute atomic E-state index is 0.0274. The van der Waals surface area contributed by atoms with Gasteiger partial charge in [-0.05, 0) is 38.1 Å². The van der Waals surface area contributed by atoms with Crippen LogP contribution in [0.25, 0.3) is 0 Å². The second-order valence-corrected chi connectivity index (χ2v) is 5.17.